The molecule has 5 nitrogen and oxygen atoms in total. The molecule has 0 unspecified atom stereocenters. The summed E-state index contributed by atoms with van der Waals surface area (Å²) < 4.78 is 11.5. The number of ether oxygens (including phenoxy) is 2. The summed E-state index contributed by atoms with van der Waals surface area (Å²) in [6.45, 7) is 5.99. The molecule has 30 heavy (non-hydrogen) atoms. The van der Waals surface area contributed by atoms with Crippen LogP contribution < -0.4 is 20.1 Å². The van der Waals surface area contributed by atoms with Crippen molar-refractivity contribution in [1.82, 2.24) is 0 Å². The smallest absolute Gasteiger partial charge is 0.243 e. The molecule has 0 fully saturated rings. The monoisotopic (exact) mass is 412 g/mol. The Morgan fingerprint density at radius 3 is 2.23 bits per heavy atom. The molecule has 0 aliphatic carbocycles. The number of hydrogen-bond donors (Lipinski definition) is 2. The first-order valence-corrected chi connectivity index (χ1v) is 11.2. The van der Waals surface area contributed by atoms with E-state index in [1.54, 1.807) is 0 Å². The van der Waals surface area contributed by atoms with E-state index in [1.807, 2.05) is 48.5 Å². The van der Waals surface area contributed by atoms with Crippen LogP contribution in [0.3, 0.4) is 0 Å². The molecular weight excluding hydrogens is 376 g/mol. The van der Waals surface area contributed by atoms with E-state index < -0.39 is 0 Å². The van der Waals surface area contributed by atoms with Gasteiger partial charge in [-0.15, -0.1) is 0 Å². The van der Waals surface area contributed by atoms with Crippen LogP contribution in [-0.2, 0) is 4.79 Å². The van der Waals surface area contributed by atoms with Crippen LogP contribution in [0, 0.1) is 0 Å². The zero-order chi connectivity index (χ0) is 21.4. The molecule has 0 saturated heterocycles. The lowest BCUT2D eigenvalue weighted by Crippen LogP contribution is -2.21. The minimum absolute atomic E-state index is 0.100. The second-order valence-electron chi connectivity index (χ2n) is 7.42. The highest BCUT2D eigenvalue weighted by atomic mass is 16.5. The molecule has 0 spiro atoms. The molecule has 164 valence electrons. The Kier molecular flexibility index (Phi) is 11.3. The molecule has 0 heterocycles. The molecule has 5 heteroatoms. The molecule has 0 aliphatic heterocycles. The molecule has 1 amide bonds. The van der Waals surface area contributed by atoms with Crippen molar-refractivity contribution in [3.05, 3.63) is 48.5 Å². The first kappa shape index (κ1) is 23.6. The Morgan fingerprint density at radius 1 is 0.767 bits per heavy atom. The van der Waals surface area contributed by atoms with Crippen LogP contribution in [0.15, 0.2) is 48.5 Å². The Hall–Kier alpha value is -2.69. The van der Waals surface area contributed by atoms with E-state index in [0.717, 1.165) is 48.7 Å². The lowest BCUT2D eigenvalue weighted by molar-refractivity contribution is -0.114. The molecule has 2 aromatic rings. The lowest BCUT2D eigenvalue weighted by Gasteiger charge is -2.11. The first-order valence-electron chi connectivity index (χ1n) is 11.2. The Morgan fingerprint density at radius 2 is 1.47 bits per heavy atom. The van der Waals surface area contributed by atoms with E-state index in [9.17, 15) is 4.79 Å². The van der Waals surface area contributed by atoms with Gasteiger partial charge in [-0.1, -0.05) is 52.0 Å². The highest BCUT2D eigenvalue weighted by Crippen LogP contribution is 2.19. The fourth-order valence-corrected chi connectivity index (χ4v) is 2.95. The van der Waals surface area contributed by atoms with E-state index in [1.165, 1.54) is 25.7 Å². The van der Waals surface area contributed by atoms with Gasteiger partial charge in [0.25, 0.3) is 0 Å². The van der Waals surface area contributed by atoms with Crippen LogP contribution in [0.5, 0.6) is 11.5 Å². The van der Waals surface area contributed by atoms with E-state index in [2.05, 4.69) is 24.5 Å². The van der Waals surface area contributed by atoms with Gasteiger partial charge >= 0.3 is 0 Å². The van der Waals surface area contributed by atoms with Gasteiger partial charge in [0.2, 0.25) is 5.91 Å². The van der Waals surface area contributed by atoms with Crippen molar-refractivity contribution in [2.24, 2.45) is 0 Å². The number of benzene rings is 2. The zero-order valence-electron chi connectivity index (χ0n) is 18.4. The lowest BCUT2D eigenvalue weighted by atomic mass is 10.2. The summed E-state index contributed by atoms with van der Waals surface area (Å²) in [4.78, 5) is 12.2. The fraction of sp³-hybridized carbons (Fsp3) is 0.480. The number of rotatable bonds is 15. The molecule has 0 aromatic heterocycles. The van der Waals surface area contributed by atoms with Gasteiger partial charge in [0.05, 0.1) is 19.8 Å². The summed E-state index contributed by atoms with van der Waals surface area (Å²) in [6.07, 6.45) is 8.23. The minimum Gasteiger partial charge on any atom is -0.494 e. The van der Waals surface area contributed by atoms with Gasteiger partial charge in [-0.25, -0.2) is 0 Å². The molecular formula is C25H36N2O3. The average Bonchev–Trinajstić information content (AvgIpc) is 2.76. The predicted octanol–water partition coefficient (Wildman–Crippen LogP) is 6.27. The van der Waals surface area contributed by atoms with Crippen LogP contribution in [0.1, 0.15) is 58.8 Å². The van der Waals surface area contributed by atoms with Crippen molar-refractivity contribution in [3.8, 4) is 11.5 Å². The van der Waals surface area contributed by atoms with Gasteiger partial charge in [0, 0.05) is 17.4 Å². The van der Waals surface area contributed by atoms with Crippen molar-refractivity contribution in [1.29, 1.82) is 0 Å². The minimum atomic E-state index is -0.100. The molecule has 2 N–H and O–H groups in total. The number of hydrogen-bond acceptors (Lipinski definition) is 4. The largest absolute Gasteiger partial charge is 0.494 e. The SMILES string of the molecule is CCCCCCCOc1cccc(NCC(=O)Nc2ccc(OCCCC)cc2)c1. The third-order valence-electron chi connectivity index (χ3n) is 4.71. The third kappa shape index (κ3) is 9.68. The van der Waals surface area contributed by atoms with Crippen molar-refractivity contribution in [3.63, 3.8) is 0 Å². The highest BCUT2D eigenvalue weighted by Gasteiger charge is 2.04. The summed E-state index contributed by atoms with van der Waals surface area (Å²) in [6, 6.07) is 15.2. The zero-order valence-corrected chi connectivity index (χ0v) is 18.4. The van der Waals surface area contributed by atoms with Crippen LogP contribution >= 0.6 is 0 Å². The number of anilines is 2. The first-order chi connectivity index (χ1) is 14.7. The quantitative estimate of drug-likeness (QED) is 0.339. The Bertz CT molecular complexity index is 731. The van der Waals surface area contributed by atoms with E-state index in [0.29, 0.717) is 6.61 Å². The van der Waals surface area contributed by atoms with Gasteiger partial charge < -0.3 is 20.1 Å². The maximum absolute atomic E-state index is 12.2. The summed E-state index contributed by atoms with van der Waals surface area (Å²) in [5.74, 6) is 1.55. The second-order valence-corrected chi connectivity index (χ2v) is 7.42. The number of nitrogens with one attached hydrogen (secondary N) is 2. The van der Waals surface area contributed by atoms with Crippen molar-refractivity contribution < 1.29 is 14.3 Å². The summed E-state index contributed by atoms with van der Waals surface area (Å²) >= 11 is 0. The average molecular weight is 413 g/mol. The number of unbranched alkanes of at least 4 members (excludes halogenated alkanes) is 5. The normalized spacial score (nSPS) is 10.5. The molecule has 0 radical (unpaired) electrons. The molecule has 0 saturated carbocycles. The number of carbonyl (C=O) groups is 1. The summed E-state index contributed by atoms with van der Waals surface area (Å²) in [7, 11) is 0. The molecule has 2 aromatic carbocycles. The van der Waals surface area contributed by atoms with Gasteiger partial charge in [-0.05, 0) is 49.2 Å². The molecule has 2 rings (SSSR count). The topological polar surface area (TPSA) is 59.6 Å². The van der Waals surface area contributed by atoms with Crippen LogP contribution in [0.25, 0.3) is 0 Å². The fourth-order valence-electron chi connectivity index (χ4n) is 2.95. The highest BCUT2D eigenvalue weighted by molar-refractivity contribution is 5.93. The standard InChI is InChI=1S/C25H36N2O3/c1-3-5-7-8-9-18-30-24-12-10-11-22(19-24)26-20-25(28)27-21-13-15-23(16-14-21)29-17-6-4-2/h10-16,19,26H,3-9,17-18,20H2,1-2H3,(H,27,28). The van der Waals surface area contributed by atoms with Gasteiger partial charge in [-0.3, -0.25) is 4.79 Å². The van der Waals surface area contributed by atoms with E-state index >= 15 is 0 Å². The third-order valence-corrected chi connectivity index (χ3v) is 4.71. The van der Waals surface area contributed by atoms with Crippen molar-refractivity contribution in [2.75, 3.05) is 30.4 Å². The van der Waals surface area contributed by atoms with Gasteiger partial charge in [-0.2, -0.15) is 0 Å². The number of carbonyl (C=O) groups excluding carboxylic acids is 1. The van der Waals surface area contributed by atoms with Crippen molar-refractivity contribution >= 4 is 17.3 Å². The van der Waals surface area contributed by atoms with Gasteiger partial charge in [0.1, 0.15) is 11.5 Å². The van der Waals surface area contributed by atoms with E-state index in [4.69, 9.17) is 9.47 Å². The predicted molar refractivity (Wildman–Crippen MR) is 125 cm³/mol. The van der Waals surface area contributed by atoms with E-state index in [-0.39, 0.29) is 12.5 Å². The maximum Gasteiger partial charge on any atom is 0.243 e. The summed E-state index contributed by atoms with van der Waals surface area (Å²) in [5, 5.41) is 6.04. The Balaban J connectivity index is 1.70. The van der Waals surface area contributed by atoms with Crippen LogP contribution in [0.2, 0.25) is 0 Å². The Labute approximate surface area is 181 Å². The van der Waals surface area contributed by atoms with Crippen molar-refractivity contribution in [2.45, 2.75) is 58.8 Å². The van der Waals surface area contributed by atoms with Crippen LogP contribution in [-0.4, -0.2) is 25.7 Å². The number of amides is 1. The van der Waals surface area contributed by atoms with Gasteiger partial charge in [0.15, 0.2) is 0 Å². The second kappa shape index (κ2) is 14.3. The molecule has 0 aliphatic rings. The molecule has 0 bridgehead atoms. The maximum atomic E-state index is 12.2. The summed E-state index contributed by atoms with van der Waals surface area (Å²) in [5.41, 5.74) is 1.62. The van der Waals surface area contributed by atoms with Crippen LogP contribution in [0.4, 0.5) is 11.4 Å². The molecule has 0 atom stereocenters.